The molecule has 0 fully saturated rings. The second-order valence-corrected chi connectivity index (χ2v) is 7.98. The number of carbonyl (C=O) groups is 3. The number of allylic oxidation sites excluding steroid dienone is 1. The molecule has 2 N–H and O–H groups in total. The monoisotopic (exact) mass is 457 g/mol. The van der Waals surface area contributed by atoms with E-state index in [1.165, 1.54) is 4.90 Å². The van der Waals surface area contributed by atoms with Gasteiger partial charge >= 0.3 is 12.0 Å². The molecular formula is C27H27N3O4. The lowest BCUT2D eigenvalue weighted by Crippen LogP contribution is -2.47. The number of fused-ring (bicyclic) bond motifs is 1. The van der Waals surface area contributed by atoms with Gasteiger partial charge in [-0.2, -0.15) is 0 Å². The van der Waals surface area contributed by atoms with Crippen LogP contribution >= 0.6 is 0 Å². The van der Waals surface area contributed by atoms with E-state index < -0.39 is 12.0 Å². The van der Waals surface area contributed by atoms with Crippen molar-refractivity contribution >= 4 is 34.4 Å². The summed E-state index contributed by atoms with van der Waals surface area (Å²) in [7, 11) is 0. The van der Waals surface area contributed by atoms with E-state index in [2.05, 4.69) is 10.6 Å². The van der Waals surface area contributed by atoms with Gasteiger partial charge in [0.25, 0.3) is 5.91 Å². The highest BCUT2D eigenvalue weighted by atomic mass is 16.5. The van der Waals surface area contributed by atoms with Crippen molar-refractivity contribution in [2.24, 2.45) is 0 Å². The average Bonchev–Trinajstić information content (AvgIpc) is 2.84. The largest absolute Gasteiger partial charge is 0.463 e. The van der Waals surface area contributed by atoms with Crippen LogP contribution in [0.2, 0.25) is 0 Å². The fourth-order valence-corrected chi connectivity index (χ4v) is 4.18. The maximum absolute atomic E-state index is 12.8. The number of benzene rings is 3. The van der Waals surface area contributed by atoms with Crippen LogP contribution < -0.4 is 10.6 Å². The summed E-state index contributed by atoms with van der Waals surface area (Å²) in [6.45, 7) is 6.02. The highest BCUT2D eigenvalue weighted by molar-refractivity contribution is 6.06. The first-order valence-electron chi connectivity index (χ1n) is 11.3. The Kier molecular flexibility index (Phi) is 6.63. The Morgan fingerprint density at radius 2 is 1.71 bits per heavy atom. The Hall–Kier alpha value is -4.13. The number of hydrogen-bond acceptors (Lipinski definition) is 4. The smallest absolute Gasteiger partial charge is 0.338 e. The second-order valence-electron chi connectivity index (χ2n) is 7.98. The zero-order valence-electron chi connectivity index (χ0n) is 19.4. The fraction of sp³-hybridized carbons (Fsp3) is 0.222. The number of nitrogens with one attached hydrogen (secondary N) is 2. The van der Waals surface area contributed by atoms with Gasteiger partial charge < -0.3 is 15.4 Å². The molecule has 3 aromatic carbocycles. The first kappa shape index (κ1) is 23.0. The predicted molar refractivity (Wildman–Crippen MR) is 131 cm³/mol. The normalized spacial score (nSPS) is 15.8. The van der Waals surface area contributed by atoms with Crippen molar-refractivity contribution < 1.29 is 19.1 Å². The van der Waals surface area contributed by atoms with Crippen LogP contribution in [-0.2, 0) is 9.53 Å². The summed E-state index contributed by atoms with van der Waals surface area (Å²) in [4.78, 5) is 39.6. The molecule has 3 amide bonds. The molecule has 0 saturated carbocycles. The summed E-state index contributed by atoms with van der Waals surface area (Å²) in [6.07, 6.45) is 0. The van der Waals surface area contributed by atoms with Gasteiger partial charge in [-0.05, 0) is 61.4 Å². The quantitative estimate of drug-likeness (QED) is 0.509. The third-order valence-electron chi connectivity index (χ3n) is 5.92. The van der Waals surface area contributed by atoms with Crippen molar-refractivity contribution in [2.45, 2.75) is 26.8 Å². The molecule has 0 radical (unpaired) electrons. The van der Waals surface area contributed by atoms with E-state index in [-0.39, 0.29) is 18.5 Å². The van der Waals surface area contributed by atoms with Crippen LogP contribution in [0.3, 0.4) is 0 Å². The van der Waals surface area contributed by atoms with Crippen molar-refractivity contribution in [3.8, 4) is 0 Å². The average molecular weight is 458 g/mol. The van der Waals surface area contributed by atoms with Crippen LogP contribution in [0.5, 0.6) is 0 Å². The standard InChI is InChI=1S/C27H27N3O4/c1-4-30-17(3)23(26(32)34-5-2)24(29-27(30)33)19-12-14-22(15-13-19)28-25(31)21-11-10-18-8-6-7-9-20(18)16-21/h6-16,24H,4-5H2,1-3H3,(H,28,31)(H,29,33). The highest BCUT2D eigenvalue weighted by Gasteiger charge is 2.35. The van der Waals surface area contributed by atoms with E-state index in [0.29, 0.717) is 29.1 Å². The minimum absolute atomic E-state index is 0.217. The number of nitrogens with zero attached hydrogens (tertiary/aromatic N) is 1. The number of anilines is 1. The zero-order valence-corrected chi connectivity index (χ0v) is 19.4. The summed E-state index contributed by atoms with van der Waals surface area (Å²) in [5.41, 5.74) is 2.86. The van der Waals surface area contributed by atoms with E-state index in [1.807, 2.05) is 43.3 Å². The molecule has 1 heterocycles. The van der Waals surface area contributed by atoms with Gasteiger partial charge in [-0.15, -0.1) is 0 Å². The van der Waals surface area contributed by atoms with Gasteiger partial charge in [0.1, 0.15) is 0 Å². The summed E-state index contributed by atoms with van der Waals surface area (Å²) in [5, 5.41) is 7.86. The van der Waals surface area contributed by atoms with Crippen LogP contribution in [0.25, 0.3) is 10.8 Å². The van der Waals surface area contributed by atoms with Gasteiger partial charge in [-0.25, -0.2) is 9.59 Å². The van der Waals surface area contributed by atoms with Gasteiger partial charge in [-0.1, -0.05) is 42.5 Å². The lowest BCUT2D eigenvalue weighted by Gasteiger charge is -2.34. The SMILES string of the molecule is CCOC(=O)C1=C(C)N(CC)C(=O)NC1c1ccc(NC(=O)c2ccc3ccccc3c2)cc1. The second kappa shape index (κ2) is 9.79. The molecule has 3 aromatic rings. The molecule has 0 saturated heterocycles. The molecule has 1 aliphatic heterocycles. The molecule has 0 aromatic heterocycles. The number of carbonyl (C=O) groups excluding carboxylic acids is 3. The van der Waals surface area contributed by atoms with Crippen LogP contribution in [0, 0.1) is 0 Å². The summed E-state index contributed by atoms with van der Waals surface area (Å²) in [5.74, 6) is -0.678. The van der Waals surface area contributed by atoms with Gasteiger partial charge in [-0.3, -0.25) is 9.69 Å². The van der Waals surface area contributed by atoms with E-state index >= 15 is 0 Å². The first-order chi connectivity index (χ1) is 16.4. The minimum atomic E-state index is -0.639. The first-order valence-corrected chi connectivity index (χ1v) is 11.3. The van der Waals surface area contributed by atoms with Crippen LogP contribution in [0.4, 0.5) is 10.5 Å². The lowest BCUT2D eigenvalue weighted by molar-refractivity contribution is -0.139. The van der Waals surface area contributed by atoms with E-state index in [4.69, 9.17) is 4.74 Å². The molecule has 7 nitrogen and oxygen atoms in total. The number of rotatable bonds is 6. The van der Waals surface area contributed by atoms with Crippen LogP contribution in [0.1, 0.15) is 42.7 Å². The molecule has 0 bridgehead atoms. The lowest BCUT2D eigenvalue weighted by atomic mass is 9.94. The van der Waals surface area contributed by atoms with E-state index in [0.717, 1.165) is 16.3 Å². The molecule has 1 unspecified atom stereocenters. The Balaban J connectivity index is 1.57. The van der Waals surface area contributed by atoms with E-state index in [1.54, 1.807) is 44.2 Å². The van der Waals surface area contributed by atoms with Gasteiger partial charge in [0, 0.05) is 23.5 Å². The Morgan fingerprint density at radius 3 is 2.38 bits per heavy atom. The van der Waals surface area contributed by atoms with Crippen molar-refractivity contribution in [3.63, 3.8) is 0 Å². The number of urea groups is 1. The molecular weight excluding hydrogens is 430 g/mol. The van der Waals surface area contributed by atoms with Crippen molar-refractivity contribution in [3.05, 3.63) is 89.1 Å². The summed E-state index contributed by atoms with van der Waals surface area (Å²) in [6, 6.07) is 19.6. The number of ether oxygens (including phenoxy) is 1. The minimum Gasteiger partial charge on any atom is -0.463 e. The van der Waals surface area contributed by atoms with Crippen molar-refractivity contribution in [1.82, 2.24) is 10.2 Å². The zero-order chi connectivity index (χ0) is 24.2. The molecule has 0 spiro atoms. The topological polar surface area (TPSA) is 87.7 Å². The molecule has 1 atom stereocenters. The number of esters is 1. The van der Waals surface area contributed by atoms with Crippen LogP contribution in [-0.4, -0.2) is 36.0 Å². The molecule has 174 valence electrons. The Morgan fingerprint density at radius 1 is 1.00 bits per heavy atom. The fourth-order valence-electron chi connectivity index (χ4n) is 4.18. The van der Waals surface area contributed by atoms with Gasteiger partial charge in [0.15, 0.2) is 0 Å². The maximum atomic E-state index is 12.8. The van der Waals surface area contributed by atoms with Gasteiger partial charge in [0.05, 0.1) is 18.2 Å². The highest BCUT2D eigenvalue weighted by Crippen LogP contribution is 2.32. The molecule has 1 aliphatic rings. The molecule has 7 heteroatoms. The Bertz CT molecular complexity index is 1280. The van der Waals surface area contributed by atoms with Crippen molar-refractivity contribution in [1.29, 1.82) is 0 Å². The summed E-state index contributed by atoms with van der Waals surface area (Å²) < 4.78 is 5.26. The third-order valence-corrected chi connectivity index (χ3v) is 5.92. The molecule has 34 heavy (non-hydrogen) atoms. The summed E-state index contributed by atoms with van der Waals surface area (Å²) >= 11 is 0. The predicted octanol–water partition coefficient (Wildman–Crippen LogP) is 5.02. The maximum Gasteiger partial charge on any atom is 0.338 e. The molecule has 0 aliphatic carbocycles. The third kappa shape index (κ3) is 4.50. The van der Waals surface area contributed by atoms with E-state index in [9.17, 15) is 14.4 Å². The van der Waals surface area contributed by atoms with Crippen molar-refractivity contribution in [2.75, 3.05) is 18.5 Å². The van der Waals surface area contributed by atoms with Crippen LogP contribution in [0.15, 0.2) is 78.0 Å². The number of amides is 3. The Labute approximate surface area is 198 Å². The van der Waals surface area contributed by atoms with Gasteiger partial charge in [0.2, 0.25) is 0 Å². The number of hydrogen-bond donors (Lipinski definition) is 2. The molecule has 4 rings (SSSR count).